The molecule has 2 unspecified atom stereocenters. The number of amides is 1. The molecule has 1 aliphatic heterocycles. The van der Waals surface area contributed by atoms with Crippen LogP contribution in [0.25, 0.3) is 0 Å². The van der Waals surface area contributed by atoms with E-state index in [1.54, 1.807) is 11.8 Å². The van der Waals surface area contributed by atoms with E-state index in [1.807, 2.05) is 27.7 Å². The first kappa shape index (κ1) is 16.4. The average molecular weight is 290 g/mol. The summed E-state index contributed by atoms with van der Waals surface area (Å²) in [6, 6.07) is 0. The van der Waals surface area contributed by atoms with Crippen molar-refractivity contribution in [3.8, 4) is 0 Å². The highest BCUT2D eigenvalue weighted by atomic mass is 32.2. The Bertz CT molecular complexity index is 433. The van der Waals surface area contributed by atoms with Crippen LogP contribution in [0.15, 0.2) is 0 Å². The standard InChI is InChI=1S/C13H26N2O3S/c1-6-13(5)12(16)15(11(14-13)10(3)4)8-9-19(17,18)7-2/h10-11,14H,6-9H2,1-5H3. The molecule has 1 N–H and O–H groups in total. The Labute approximate surface area is 116 Å². The minimum absolute atomic E-state index is 0.0139. The lowest BCUT2D eigenvalue weighted by Gasteiger charge is -2.27. The summed E-state index contributed by atoms with van der Waals surface area (Å²) < 4.78 is 23.2. The van der Waals surface area contributed by atoms with Crippen LogP contribution in [-0.2, 0) is 14.6 Å². The number of nitrogens with one attached hydrogen (secondary N) is 1. The number of sulfone groups is 1. The number of carbonyl (C=O) groups excluding carboxylic acids is 1. The second kappa shape index (κ2) is 5.79. The molecule has 0 bridgehead atoms. The van der Waals surface area contributed by atoms with Gasteiger partial charge in [0.25, 0.3) is 0 Å². The van der Waals surface area contributed by atoms with Crippen LogP contribution in [0.4, 0.5) is 0 Å². The van der Waals surface area contributed by atoms with Crippen molar-refractivity contribution in [2.45, 2.75) is 52.7 Å². The summed E-state index contributed by atoms with van der Waals surface area (Å²) in [5, 5.41) is 3.35. The Morgan fingerprint density at radius 1 is 1.37 bits per heavy atom. The molecule has 6 heteroatoms. The molecule has 0 aromatic carbocycles. The predicted molar refractivity (Wildman–Crippen MR) is 76.5 cm³/mol. The Morgan fingerprint density at radius 3 is 2.37 bits per heavy atom. The van der Waals surface area contributed by atoms with Gasteiger partial charge >= 0.3 is 0 Å². The summed E-state index contributed by atoms with van der Waals surface area (Å²) in [5.41, 5.74) is -0.565. The molecule has 0 aromatic heterocycles. The van der Waals surface area contributed by atoms with Crippen LogP contribution in [0, 0.1) is 5.92 Å². The summed E-state index contributed by atoms with van der Waals surface area (Å²) >= 11 is 0. The molecule has 1 saturated heterocycles. The van der Waals surface area contributed by atoms with Crippen LogP contribution in [-0.4, -0.2) is 49.0 Å². The minimum Gasteiger partial charge on any atom is -0.324 e. The van der Waals surface area contributed by atoms with Gasteiger partial charge in [0, 0.05) is 12.3 Å². The predicted octanol–water partition coefficient (Wildman–Crippen LogP) is 1.00. The maximum atomic E-state index is 12.4. The first-order chi connectivity index (χ1) is 8.67. The maximum absolute atomic E-state index is 12.4. The van der Waals surface area contributed by atoms with Gasteiger partial charge < -0.3 is 4.90 Å². The fourth-order valence-corrected chi connectivity index (χ4v) is 3.08. The van der Waals surface area contributed by atoms with E-state index in [4.69, 9.17) is 0 Å². The van der Waals surface area contributed by atoms with Gasteiger partial charge in [-0.1, -0.05) is 27.7 Å². The lowest BCUT2D eigenvalue weighted by atomic mass is 9.99. The lowest BCUT2D eigenvalue weighted by molar-refractivity contribution is -0.133. The highest BCUT2D eigenvalue weighted by molar-refractivity contribution is 7.91. The fourth-order valence-electron chi connectivity index (χ4n) is 2.31. The smallest absolute Gasteiger partial charge is 0.243 e. The first-order valence-corrected chi connectivity index (χ1v) is 8.78. The second-order valence-electron chi connectivity index (χ2n) is 5.75. The average Bonchev–Trinajstić information content (AvgIpc) is 2.61. The van der Waals surface area contributed by atoms with Crippen molar-refractivity contribution < 1.29 is 13.2 Å². The van der Waals surface area contributed by atoms with Crippen LogP contribution >= 0.6 is 0 Å². The quantitative estimate of drug-likeness (QED) is 0.792. The highest BCUT2D eigenvalue weighted by Gasteiger charge is 2.47. The summed E-state index contributed by atoms with van der Waals surface area (Å²) in [7, 11) is -3.05. The first-order valence-electron chi connectivity index (χ1n) is 6.96. The molecule has 5 nitrogen and oxygen atoms in total. The fraction of sp³-hybridized carbons (Fsp3) is 0.923. The van der Waals surface area contributed by atoms with E-state index < -0.39 is 15.4 Å². The largest absolute Gasteiger partial charge is 0.324 e. The van der Waals surface area contributed by atoms with Gasteiger partial charge in [0.2, 0.25) is 5.91 Å². The minimum atomic E-state index is -3.05. The van der Waals surface area contributed by atoms with E-state index in [0.717, 1.165) is 0 Å². The molecule has 0 aromatic rings. The van der Waals surface area contributed by atoms with Crippen LogP contribution in [0.5, 0.6) is 0 Å². The van der Waals surface area contributed by atoms with E-state index in [-0.39, 0.29) is 36.0 Å². The third kappa shape index (κ3) is 3.48. The van der Waals surface area contributed by atoms with Gasteiger partial charge in [0.15, 0.2) is 9.84 Å². The summed E-state index contributed by atoms with van der Waals surface area (Å²) in [5.74, 6) is 0.432. The van der Waals surface area contributed by atoms with Gasteiger partial charge in [-0.15, -0.1) is 0 Å². The number of nitrogens with zero attached hydrogens (tertiary/aromatic N) is 1. The van der Waals surface area contributed by atoms with Gasteiger partial charge in [-0.3, -0.25) is 10.1 Å². The zero-order valence-electron chi connectivity index (χ0n) is 12.6. The third-order valence-corrected chi connectivity index (χ3v) is 5.64. The van der Waals surface area contributed by atoms with Crippen molar-refractivity contribution in [2.24, 2.45) is 5.92 Å². The number of carbonyl (C=O) groups is 1. The zero-order chi connectivity index (χ0) is 14.8. The summed E-state index contributed by atoms with van der Waals surface area (Å²) in [6.07, 6.45) is 0.621. The summed E-state index contributed by atoms with van der Waals surface area (Å²) in [4.78, 5) is 14.1. The van der Waals surface area contributed by atoms with E-state index in [0.29, 0.717) is 6.42 Å². The van der Waals surface area contributed by atoms with Crippen LogP contribution < -0.4 is 5.32 Å². The van der Waals surface area contributed by atoms with E-state index in [1.165, 1.54) is 0 Å². The van der Waals surface area contributed by atoms with Crippen molar-refractivity contribution in [1.29, 1.82) is 0 Å². The van der Waals surface area contributed by atoms with Gasteiger partial charge in [-0.05, 0) is 19.3 Å². The van der Waals surface area contributed by atoms with Crippen molar-refractivity contribution in [1.82, 2.24) is 10.2 Å². The van der Waals surface area contributed by atoms with Crippen LogP contribution in [0.2, 0.25) is 0 Å². The molecule has 2 atom stereocenters. The molecule has 0 saturated carbocycles. The highest BCUT2D eigenvalue weighted by Crippen LogP contribution is 2.26. The molecule has 1 aliphatic rings. The number of hydrogen-bond donors (Lipinski definition) is 1. The van der Waals surface area contributed by atoms with Crippen LogP contribution in [0.1, 0.15) is 41.0 Å². The van der Waals surface area contributed by atoms with E-state index in [9.17, 15) is 13.2 Å². The number of rotatable bonds is 6. The molecular formula is C13H26N2O3S. The molecule has 0 radical (unpaired) electrons. The molecule has 112 valence electrons. The molecule has 0 spiro atoms. The maximum Gasteiger partial charge on any atom is 0.243 e. The molecule has 0 aliphatic carbocycles. The molecular weight excluding hydrogens is 264 g/mol. The summed E-state index contributed by atoms with van der Waals surface area (Å²) in [6.45, 7) is 9.84. The Hall–Kier alpha value is -0.620. The monoisotopic (exact) mass is 290 g/mol. The van der Waals surface area contributed by atoms with E-state index in [2.05, 4.69) is 5.32 Å². The van der Waals surface area contributed by atoms with Crippen molar-refractivity contribution in [3.63, 3.8) is 0 Å². The van der Waals surface area contributed by atoms with Gasteiger partial charge in [0.1, 0.15) is 0 Å². The van der Waals surface area contributed by atoms with E-state index >= 15 is 0 Å². The molecule has 1 heterocycles. The Morgan fingerprint density at radius 2 is 1.95 bits per heavy atom. The zero-order valence-corrected chi connectivity index (χ0v) is 13.4. The second-order valence-corrected chi connectivity index (χ2v) is 8.23. The molecule has 1 fully saturated rings. The molecule has 19 heavy (non-hydrogen) atoms. The number of hydrogen-bond acceptors (Lipinski definition) is 4. The Kier molecular flexibility index (Phi) is 5.01. The SMILES string of the molecule is CCC1(C)NC(C(C)C)N(CCS(=O)(=O)CC)C1=O. The van der Waals surface area contributed by atoms with Gasteiger partial charge in [-0.25, -0.2) is 8.42 Å². The Balaban J connectivity index is 2.87. The van der Waals surface area contributed by atoms with Crippen LogP contribution in [0.3, 0.4) is 0 Å². The lowest BCUT2D eigenvalue weighted by Crippen LogP contribution is -2.45. The van der Waals surface area contributed by atoms with Crippen molar-refractivity contribution in [3.05, 3.63) is 0 Å². The normalized spacial score (nSPS) is 28.4. The van der Waals surface area contributed by atoms with Crippen molar-refractivity contribution >= 4 is 15.7 Å². The van der Waals surface area contributed by atoms with Crippen molar-refractivity contribution in [2.75, 3.05) is 18.1 Å². The van der Waals surface area contributed by atoms with Gasteiger partial charge in [-0.2, -0.15) is 0 Å². The topological polar surface area (TPSA) is 66.5 Å². The van der Waals surface area contributed by atoms with Gasteiger partial charge in [0.05, 0.1) is 17.5 Å². The molecule has 1 amide bonds. The third-order valence-electron chi connectivity index (χ3n) is 3.96. The molecule has 1 rings (SSSR count).